The molecule has 3 N–H and O–H groups in total. The van der Waals surface area contributed by atoms with Gasteiger partial charge in [-0.1, -0.05) is 12.1 Å². The van der Waals surface area contributed by atoms with Gasteiger partial charge in [-0.25, -0.2) is 9.59 Å². The van der Waals surface area contributed by atoms with Gasteiger partial charge in [-0.2, -0.15) is 0 Å². The zero-order valence-corrected chi connectivity index (χ0v) is 12.0. The first-order valence-electron chi connectivity index (χ1n) is 7.07. The quantitative estimate of drug-likeness (QED) is 0.795. The number of para-hydroxylation sites is 1. The lowest BCUT2D eigenvalue weighted by Gasteiger charge is -2.23. The highest BCUT2D eigenvalue weighted by atomic mass is 16.5. The SMILES string of the molecule is Cc1cccc(C(=O)O)c1NC(=O)NCC1CCCCO1. The Morgan fingerprint density at radius 2 is 2.19 bits per heavy atom. The van der Waals surface area contributed by atoms with Crippen molar-refractivity contribution in [3.8, 4) is 0 Å². The van der Waals surface area contributed by atoms with Crippen molar-refractivity contribution < 1.29 is 19.4 Å². The van der Waals surface area contributed by atoms with Gasteiger partial charge in [0.15, 0.2) is 0 Å². The number of hydrogen-bond donors (Lipinski definition) is 3. The van der Waals surface area contributed by atoms with Gasteiger partial charge >= 0.3 is 12.0 Å². The summed E-state index contributed by atoms with van der Waals surface area (Å²) < 4.78 is 5.53. The van der Waals surface area contributed by atoms with Gasteiger partial charge in [0, 0.05) is 13.2 Å². The number of carbonyl (C=O) groups is 2. The summed E-state index contributed by atoms with van der Waals surface area (Å²) in [4.78, 5) is 23.1. The summed E-state index contributed by atoms with van der Waals surface area (Å²) in [7, 11) is 0. The summed E-state index contributed by atoms with van der Waals surface area (Å²) in [5, 5.41) is 14.5. The van der Waals surface area contributed by atoms with Crippen molar-refractivity contribution in [1.29, 1.82) is 0 Å². The van der Waals surface area contributed by atoms with E-state index in [9.17, 15) is 9.59 Å². The van der Waals surface area contributed by atoms with E-state index in [0.717, 1.165) is 25.9 Å². The third kappa shape index (κ3) is 4.19. The maximum Gasteiger partial charge on any atom is 0.337 e. The monoisotopic (exact) mass is 292 g/mol. The first kappa shape index (κ1) is 15.3. The number of hydrogen-bond acceptors (Lipinski definition) is 3. The second-order valence-electron chi connectivity index (χ2n) is 5.13. The van der Waals surface area contributed by atoms with Crippen molar-refractivity contribution in [3.05, 3.63) is 29.3 Å². The van der Waals surface area contributed by atoms with E-state index in [1.807, 2.05) is 0 Å². The molecule has 1 saturated heterocycles. The van der Waals surface area contributed by atoms with Gasteiger partial charge in [0.1, 0.15) is 0 Å². The standard InChI is InChI=1S/C15H20N2O4/c1-10-5-4-7-12(14(18)19)13(10)17-15(20)16-9-11-6-2-3-8-21-11/h4-5,7,11H,2-3,6,8-9H2,1H3,(H,18,19)(H2,16,17,20). The van der Waals surface area contributed by atoms with Crippen LogP contribution in [0.25, 0.3) is 0 Å². The van der Waals surface area contributed by atoms with E-state index in [1.54, 1.807) is 19.1 Å². The predicted molar refractivity (Wildman–Crippen MR) is 78.8 cm³/mol. The summed E-state index contributed by atoms with van der Waals surface area (Å²) in [5.74, 6) is -1.07. The molecule has 0 saturated carbocycles. The molecular formula is C15H20N2O4. The summed E-state index contributed by atoms with van der Waals surface area (Å²) in [6, 6.07) is 4.46. The lowest BCUT2D eigenvalue weighted by atomic mass is 10.1. The third-order valence-corrected chi connectivity index (χ3v) is 3.51. The lowest BCUT2D eigenvalue weighted by molar-refractivity contribution is 0.0187. The van der Waals surface area contributed by atoms with Crippen LogP contribution in [-0.2, 0) is 4.74 Å². The number of urea groups is 1. The molecule has 2 rings (SSSR count). The minimum Gasteiger partial charge on any atom is -0.478 e. The maximum absolute atomic E-state index is 11.9. The number of aryl methyl sites for hydroxylation is 1. The van der Waals surface area contributed by atoms with Crippen molar-refractivity contribution in [2.75, 3.05) is 18.5 Å². The number of carboxylic acid groups (broad SMARTS) is 1. The summed E-state index contributed by atoms with van der Waals surface area (Å²) in [6.45, 7) is 2.92. The van der Waals surface area contributed by atoms with E-state index in [-0.39, 0.29) is 11.7 Å². The zero-order chi connectivity index (χ0) is 15.2. The van der Waals surface area contributed by atoms with Gasteiger partial charge in [0.2, 0.25) is 0 Å². The first-order chi connectivity index (χ1) is 10.1. The Bertz CT molecular complexity index is 524. The number of ether oxygens (including phenoxy) is 1. The Balaban J connectivity index is 1.94. The van der Waals surface area contributed by atoms with Crippen LogP contribution in [0.4, 0.5) is 10.5 Å². The lowest BCUT2D eigenvalue weighted by Crippen LogP contribution is -2.38. The van der Waals surface area contributed by atoms with Crippen LogP contribution >= 0.6 is 0 Å². The molecule has 0 radical (unpaired) electrons. The molecule has 1 aliphatic heterocycles. The second-order valence-corrected chi connectivity index (χ2v) is 5.13. The molecule has 114 valence electrons. The third-order valence-electron chi connectivity index (χ3n) is 3.51. The number of carbonyl (C=O) groups excluding carboxylic acids is 1. The largest absolute Gasteiger partial charge is 0.478 e. The van der Waals surface area contributed by atoms with Crippen LogP contribution in [0.15, 0.2) is 18.2 Å². The molecule has 1 fully saturated rings. The highest BCUT2D eigenvalue weighted by molar-refractivity contribution is 6.00. The molecule has 0 bridgehead atoms. The fourth-order valence-electron chi connectivity index (χ4n) is 2.34. The molecule has 0 aliphatic carbocycles. The molecular weight excluding hydrogens is 272 g/mol. The smallest absolute Gasteiger partial charge is 0.337 e. The van der Waals surface area contributed by atoms with Gasteiger partial charge in [-0.05, 0) is 37.8 Å². The maximum atomic E-state index is 11.9. The van der Waals surface area contributed by atoms with Crippen molar-refractivity contribution in [3.63, 3.8) is 0 Å². The van der Waals surface area contributed by atoms with Crippen molar-refractivity contribution >= 4 is 17.7 Å². The molecule has 1 heterocycles. The number of rotatable bonds is 4. The molecule has 1 atom stereocenters. The number of aromatic carboxylic acids is 1. The average Bonchev–Trinajstić information content (AvgIpc) is 2.48. The van der Waals surface area contributed by atoms with Crippen LogP contribution < -0.4 is 10.6 Å². The van der Waals surface area contributed by atoms with E-state index >= 15 is 0 Å². The topological polar surface area (TPSA) is 87.7 Å². The van der Waals surface area contributed by atoms with Gasteiger partial charge in [0.05, 0.1) is 17.4 Å². The molecule has 1 aromatic rings. The van der Waals surface area contributed by atoms with Crippen LogP contribution in [0.3, 0.4) is 0 Å². The highest BCUT2D eigenvalue weighted by Crippen LogP contribution is 2.20. The molecule has 6 nitrogen and oxygen atoms in total. The number of nitrogens with one attached hydrogen (secondary N) is 2. The normalized spacial score (nSPS) is 18.0. The minimum atomic E-state index is -1.07. The number of benzene rings is 1. The van der Waals surface area contributed by atoms with Crippen LogP contribution in [0.1, 0.15) is 35.2 Å². The van der Waals surface area contributed by atoms with Gasteiger partial charge < -0.3 is 20.5 Å². The van der Waals surface area contributed by atoms with E-state index in [4.69, 9.17) is 9.84 Å². The molecule has 0 aromatic heterocycles. The Hall–Kier alpha value is -2.08. The van der Waals surface area contributed by atoms with Crippen LogP contribution in [0.5, 0.6) is 0 Å². The molecule has 6 heteroatoms. The molecule has 1 aromatic carbocycles. The number of anilines is 1. The fraction of sp³-hybridized carbons (Fsp3) is 0.467. The number of carboxylic acids is 1. The predicted octanol–water partition coefficient (Wildman–Crippen LogP) is 2.38. The molecule has 0 spiro atoms. The minimum absolute atomic E-state index is 0.0420. The number of amides is 2. The Morgan fingerprint density at radius 3 is 2.86 bits per heavy atom. The summed E-state index contributed by atoms with van der Waals surface area (Å²) >= 11 is 0. The van der Waals surface area contributed by atoms with Gasteiger partial charge in [0.25, 0.3) is 0 Å². The Kier molecular flexibility index (Phi) is 5.16. The van der Waals surface area contributed by atoms with Crippen LogP contribution in [-0.4, -0.2) is 36.4 Å². The van der Waals surface area contributed by atoms with Crippen molar-refractivity contribution in [2.45, 2.75) is 32.3 Å². The van der Waals surface area contributed by atoms with Gasteiger partial charge in [-0.15, -0.1) is 0 Å². The summed E-state index contributed by atoms with van der Waals surface area (Å²) in [5.41, 5.74) is 1.12. The average molecular weight is 292 g/mol. The van der Waals surface area contributed by atoms with Crippen molar-refractivity contribution in [2.24, 2.45) is 0 Å². The van der Waals surface area contributed by atoms with Crippen LogP contribution in [0.2, 0.25) is 0 Å². The first-order valence-corrected chi connectivity index (χ1v) is 7.07. The van der Waals surface area contributed by atoms with E-state index in [0.29, 0.717) is 17.8 Å². The van der Waals surface area contributed by atoms with E-state index in [2.05, 4.69) is 10.6 Å². The highest BCUT2D eigenvalue weighted by Gasteiger charge is 2.17. The molecule has 1 unspecified atom stereocenters. The van der Waals surface area contributed by atoms with E-state index in [1.165, 1.54) is 6.07 Å². The van der Waals surface area contributed by atoms with E-state index < -0.39 is 12.0 Å². The molecule has 21 heavy (non-hydrogen) atoms. The second kappa shape index (κ2) is 7.08. The fourth-order valence-corrected chi connectivity index (χ4v) is 2.34. The summed E-state index contributed by atoms with van der Waals surface area (Å²) in [6.07, 6.45) is 3.15. The van der Waals surface area contributed by atoms with Crippen molar-refractivity contribution in [1.82, 2.24) is 5.32 Å². The molecule has 1 aliphatic rings. The zero-order valence-electron chi connectivity index (χ0n) is 12.0. The Morgan fingerprint density at radius 1 is 1.38 bits per heavy atom. The van der Waals surface area contributed by atoms with Crippen LogP contribution in [0, 0.1) is 6.92 Å². The Labute approximate surface area is 123 Å². The van der Waals surface area contributed by atoms with Gasteiger partial charge in [-0.3, -0.25) is 0 Å². The molecule has 2 amide bonds.